The fourth-order valence-electron chi connectivity index (χ4n) is 4.71. The van der Waals surface area contributed by atoms with E-state index in [-0.39, 0.29) is 6.03 Å². The van der Waals surface area contributed by atoms with Crippen molar-refractivity contribution in [1.82, 2.24) is 19.9 Å². The summed E-state index contributed by atoms with van der Waals surface area (Å²) in [5.41, 5.74) is 2.20. The number of aromatic nitrogens is 4. The minimum Gasteiger partial charge on any atom is -0.493 e. The first-order valence-electron chi connectivity index (χ1n) is 14.9. The Labute approximate surface area is 314 Å². The number of fused-ring (bicyclic) bond motifs is 2. The van der Waals surface area contributed by atoms with Crippen LogP contribution in [0.25, 0.3) is 21.8 Å². The summed E-state index contributed by atoms with van der Waals surface area (Å²) in [6, 6.07) is 18.1. The second kappa shape index (κ2) is 16.9. The maximum absolute atomic E-state index is 12.3. The Kier molecular flexibility index (Phi) is 12.0. The lowest BCUT2D eigenvalue weighted by Crippen LogP contribution is -2.18. The summed E-state index contributed by atoms with van der Waals surface area (Å²) in [7, 11) is 6.44. The monoisotopic (exact) mass is 776 g/mol. The Hall–Kier alpha value is -4.80. The van der Waals surface area contributed by atoms with Gasteiger partial charge in [-0.1, -0.05) is 58.6 Å². The molecule has 7 aromatic rings. The highest BCUT2D eigenvalue weighted by molar-refractivity contribution is 8.01. The van der Waals surface area contributed by atoms with Crippen molar-refractivity contribution in [3.05, 3.63) is 95.9 Å². The molecule has 16 heteroatoms. The first-order valence-corrected chi connectivity index (χ1v) is 18.6. The fourth-order valence-corrected chi connectivity index (χ4v) is 8.53. The molecular formula is C35H29ClN6O5S4. The second-order valence-electron chi connectivity index (χ2n) is 10.1. The average Bonchev–Trinajstić information content (AvgIpc) is 3.84. The first-order chi connectivity index (χ1) is 24.9. The molecule has 4 heterocycles. The van der Waals surface area contributed by atoms with Gasteiger partial charge in [-0.2, -0.15) is 0 Å². The van der Waals surface area contributed by atoms with Gasteiger partial charge in [0.25, 0.3) is 0 Å². The minimum absolute atomic E-state index is 0.389. The van der Waals surface area contributed by atoms with E-state index >= 15 is 0 Å². The van der Waals surface area contributed by atoms with Crippen LogP contribution in [0.2, 0.25) is 5.02 Å². The van der Waals surface area contributed by atoms with Crippen LogP contribution < -0.4 is 29.6 Å². The Morgan fingerprint density at radius 1 is 0.686 bits per heavy atom. The third-order valence-electron chi connectivity index (χ3n) is 7.06. The van der Waals surface area contributed by atoms with Crippen molar-refractivity contribution in [2.45, 2.75) is 18.5 Å². The van der Waals surface area contributed by atoms with Crippen molar-refractivity contribution in [3.63, 3.8) is 0 Å². The number of methoxy groups -OCH3 is 4. The van der Waals surface area contributed by atoms with Crippen LogP contribution in [0.1, 0.15) is 0 Å². The second-order valence-corrected chi connectivity index (χ2v) is 15.0. The Morgan fingerprint density at radius 2 is 1.25 bits per heavy atom. The van der Waals surface area contributed by atoms with Crippen LogP contribution in [0, 0.1) is 0 Å². The highest BCUT2D eigenvalue weighted by atomic mass is 35.5. The standard InChI is InChI=1S/C21H17ClN4O3S2.C14H12N2O2S2/c1-28-16-9-12-15(10-17(16)29-2)23-8-7-18(12)30-21-24-11-19(31-21)26-20(27)25-14-6-4-3-5-13(14)22;1-17-11-7-9-10(8-12(11)18-2)15-4-3-13(9)20-14-16-5-6-19-14/h3-11H,1-2H3,(H2,25,26,27);3-8H,1-2H3. The molecule has 260 valence electrons. The summed E-state index contributed by atoms with van der Waals surface area (Å²) in [5.74, 6) is 2.63. The van der Waals surface area contributed by atoms with Gasteiger partial charge in [-0.15, -0.1) is 11.3 Å². The molecule has 3 aromatic carbocycles. The number of carbonyl (C=O) groups is 1. The zero-order chi connectivity index (χ0) is 35.7. The number of urea groups is 1. The van der Waals surface area contributed by atoms with Gasteiger partial charge < -0.3 is 24.3 Å². The molecule has 4 aromatic heterocycles. The number of pyridine rings is 2. The number of halogens is 1. The quantitative estimate of drug-likeness (QED) is 0.138. The van der Waals surface area contributed by atoms with Crippen molar-refractivity contribution in [2.75, 3.05) is 39.1 Å². The number of para-hydroxylation sites is 1. The molecule has 0 spiro atoms. The zero-order valence-corrected chi connectivity index (χ0v) is 31.5. The van der Waals surface area contributed by atoms with Gasteiger partial charge in [0.1, 0.15) is 5.00 Å². The van der Waals surface area contributed by atoms with Crippen LogP contribution in [0.15, 0.2) is 109 Å². The Balaban J connectivity index is 0.000000193. The third kappa shape index (κ3) is 8.75. The Bertz CT molecular complexity index is 2290. The molecule has 51 heavy (non-hydrogen) atoms. The summed E-state index contributed by atoms with van der Waals surface area (Å²) >= 11 is 12.2. The van der Waals surface area contributed by atoms with E-state index in [9.17, 15) is 4.79 Å². The van der Waals surface area contributed by atoms with E-state index in [2.05, 4.69) is 30.6 Å². The smallest absolute Gasteiger partial charge is 0.324 e. The van der Waals surface area contributed by atoms with Gasteiger partial charge in [-0.05, 0) is 36.4 Å². The molecule has 0 saturated carbocycles. The van der Waals surface area contributed by atoms with E-state index in [1.54, 1.807) is 101 Å². The molecule has 0 atom stereocenters. The first kappa shape index (κ1) is 36.0. The minimum atomic E-state index is -0.389. The summed E-state index contributed by atoms with van der Waals surface area (Å²) in [6.45, 7) is 0. The number of hydrogen-bond acceptors (Lipinski definition) is 13. The van der Waals surface area contributed by atoms with E-state index in [0.29, 0.717) is 38.7 Å². The summed E-state index contributed by atoms with van der Waals surface area (Å²) < 4.78 is 23.2. The number of nitrogens with zero attached hydrogens (tertiary/aromatic N) is 4. The highest BCUT2D eigenvalue weighted by Gasteiger charge is 2.14. The molecule has 11 nitrogen and oxygen atoms in total. The van der Waals surface area contributed by atoms with Crippen molar-refractivity contribution >= 4 is 96.3 Å². The number of amides is 2. The van der Waals surface area contributed by atoms with E-state index in [1.807, 2.05) is 41.8 Å². The van der Waals surface area contributed by atoms with Gasteiger partial charge in [-0.3, -0.25) is 15.3 Å². The lowest BCUT2D eigenvalue weighted by Gasteiger charge is -2.10. The number of anilines is 2. The summed E-state index contributed by atoms with van der Waals surface area (Å²) in [6.07, 6.45) is 6.96. The molecule has 0 radical (unpaired) electrons. The number of thiazole rings is 2. The van der Waals surface area contributed by atoms with E-state index in [0.717, 1.165) is 40.3 Å². The number of carbonyl (C=O) groups excluding carboxylic acids is 1. The van der Waals surface area contributed by atoms with Crippen LogP contribution in [-0.2, 0) is 0 Å². The molecule has 0 aliphatic carbocycles. The van der Waals surface area contributed by atoms with Gasteiger partial charge in [0.15, 0.2) is 31.7 Å². The Morgan fingerprint density at radius 3 is 1.80 bits per heavy atom. The number of benzene rings is 3. The third-order valence-corrected chi connectivity index (χ3v) is 11.4. The molecule has 0 aliphatic heterocycles. The number of nitrogens with one attached hydrogen (secondary N) is 2. The van der Waals surface area contributed by atoms with Crippen LogP contribution in [0.5, 0.6) is 23.0 Å². The SMILES string of the molecule is COc1cc2nccc(Sc3ncc(NC(=O)Nc4ccccc4Cl)s3)c2cc1OC.COc1cc2nccc(Sc3nccs3)c2cc1OC. The largest absolute Gasteiger partial charge is 0.493 e. The lowest BCUT2D eigenvalue weighted by molar-refractivity contribution is 0.262. The molecule has 0 saturated heterocycles. The van der Waals surface area contributed by atoms with Crippen LogP contribution in [-0.4, -0.2) is 54.4 Å². The van der Waals surface area contributed by atoms with Gasteiger partial charge >= 0.3 is 6.03 Å². The van der Waals surface area contributed by atoms with Crippen molar-refractivity contribution in [2.24, 2.45) is 0 Å². The summed E-state index contributed by atoms with van der Waals surface area (Å²) in [5, 5.41) is 10.5. The van der Waals surface area contributed by atoms with Gasteiger partial charge in [0, 0.05) is 56.7 Å². The average molecular weight is 777 g/mol. The van der Waals surface area contributed by atoms with E-state index in [1.165, 1.54) is 23.1 Å². The predicted octanol–water partition coefficient (Wildman–Crippen LogP) is 10.0. The van der Waals surface area contributed by atoms with Crippen LogP contribution in [0.4, 0.5) is 15.5 Å². The zero-order valence-electron chi connectivity index (χ0n) is 27.5. The topological polar surface area (TPSA) is 130 Å². The van der Waals surface area contributed by atoms with Gasteiger partial charge in [-0.25, -0.2) is 14.8 Å². The number of ether oxygens (including phenoxy) is 4. The van der Waals surface area contributed by atoms with E-state index < -0.39 is 0 Å². The maximum Gasteiger partial charge on any atom is 0.324 e. The molecule has 2 N–H and O–H groups in total. The van der Waals surface area contributed by atoms with Crippen LogP contribution in [0.3, 0.4) is 0 Å². The molecule has 0 bridgehead atoms. The molecule has 2 amide bonds. The summed E-state index contributed by atoms with van der Waals surface area (Å²) in [4.78, 5) is 31.8. The van der Waals surface area contributed by atoms with Crippen molar-refractivity contribution in [1.29, 1.82) is 0 Å². The normalized spacial score (nSPS) is 10.7. The molecule has 0 fully saturated rings. The molecule has 0 unspecified atom stereocenters. The fraction of sp³-hybridized carbons (Fsp3) is 0.114. The van der Waals surface area contributed by atoms with E-state index in [4.69, 9.17) is 30.5 Å². The maximum atomic E-state index is 12.3. The van der Waals surface area contributed by atoms with Crippen LogP contribution >= 0.6 is 57.8 Å². The van der Waals surface area contributed by atoms with Crippen molar-refractivity contribution in [3.8, 4) is 23.0 Å². The predicted molar refractivity (Wildman–Crippen MR) is 206 cm³/mol. The molecular weight excluding hydrogens is 748 g/mol. The highest BCUT2D eigenvalue weighted by Crippen LogP contribution is 2.41. The molecule has 0 aliphatic rings. The number of hydrogen-bond donors (Lipinski definition) is 2. The van der Waals surface area contributed by atoms with Gasteiger partial charge in [0.2, 0.25) is 0 Å². The van der Waals surface area contributed by atoms with Gasteiger partial charge in [0.05, 0.1) is 56.4 Å². The number of rotatable bonds is 10. The van der Waals surface area contributed by atoms with Crippen molar-refractivity contribution < 1.29 is 23.7 Å². The lowest BCUT2D eigenvalue weighted by atomic mass is 10.2. The molecule has 7 rings (SSSR count).